The molecule has 5 rings (SSSR count). The fourth-order valence-electron chi connectivity index (χ4n) is 4.47. The Hall–Kier alpha value is -3.74. The van der Waals surface area contributed by atoms with Gasteiger partial charge in [-0.2, -0.15) is 0 Å². The standard InChI is InChI=1S/C24H24N4O3/c1-15-12-16-6-4-5-7-19(16)28(15)14-22-18(10-11-31-22)23(29)25-17-8-9-20-21(13-17)27(3)24(30)26(20)2/h4-11,13,15H,12,14H2,1-3H3,(H,25,29). The number of hydrogen-bond acceptors (Lipinski definition) is 4. The molecule has 1 aliphatic rings. The van der Waals surface area contributed by atoms with E-state index in [0.717, 1.165) is 17.5 Å². The molecule has 0 bridgehead atoms. The minimum Gasteiger partial charge on any atom is -0.467 e. The first-order valence-corrected chi connectivity index (χ1v) is 10.3. The zero-order valence-electron chi connectivity index (χ0n) is 17.8. The van der Waals surface area contributed by atoms with Crippen molar-refractivity contribution in [3.63, 3.8) is 0 Å². The molecule has 31 heavy (non-hydrogen) atoms. The van der Waals surface area contributed by atoms with Crippen LogP contribution in [0.4, 0.5) is 11.4 Å². The Balaban J connectivity index is 1.40. The first-order chi connectivity index (χ1) is 14.9. The molecule has 0 spiro atoms. The van der Waals surface area contributed by atoms with Crippen molar-refractivity contribution in [3.05, 3.63) is 82.2 Å². The van der Waals surface area contributed by atoms with Crippen molar-refractivity contribution in [2.75, 3.05) is 10.2 Å². The molecule has 7 nitrogen and oxygen atoms in total. The van der Waals surface area contributed by atoms with Crippen LogP contribution in [0.3, 0.4) is 0 Å². The van der Waals surface area contributed by atoms with E-state index in [0.29, 0.717) is 29.6 Å². The topological polar surface area (TPSA) is 72.4 Å². The Morgan fingerprint density at radius 3 is 2.71 bits per heavy atom. The summed E-state index contributed by atoms with van der Waals surface area (Å²) in [4.78, 5) is 27.5. The molecule has 1 aliphatic heterocycles. The lowest BCUT2D eigenvalue weighted by atomic mass is 10.1. The highest BCUT2D eigenvalue weighted by Crippen LogP contribution is 2.33. The first kappa shape index (κ1) is 19.2. The maximum absolute atomic E-state index is 13.0. The Morgan fingerprint density at radius 2 is 1.87 bits per heavy atom. The van der Waals surface area contributed by atoms with Gasteiger partial charge < -0.3 is 14.6 Å². The average molecular weight is 416 g/mol. The van der Waals surface area contributed by atoms with Crippen LogP contribution in [-0.4, -0.2) is 21.1 Å². The highest BCUT2D eigenvalue weighted by molar-refractivity contribution is 6.05. The maximum atomic E-state index is 13.0. The van der Waals surface area contributed by atoms with Crippen LogP contribution in [0.2, 0.25) is 0 Å². The summed E-state index contributed by atoms with van der Waals surface area (Å²) >= 11 is 0. The van der Waals surface area contributed by atoms with Gasteiger partial charge in [0.25, 0.3) is 5.91 Å². The number of para-hydroxylation sites is 1. The summed E-state index contributed by atoms with van der Waals surface area (Å²) < 4.78 is 8.86. The van der Waals surface area contributed by atoms with Crippen LogP contribution in [0, 0.1) is 0 Å². The van der Waals surface area contributed by atoms with Crippen LogP contribution >= 0.6 is 0 Å². The molecule has 3 heterocycles. The number of rotatable bonds is 4. The number of furan rings is 1. The molecule has 1 unspecified atom stereocenters. The molecule has 0 aliphatic carbocycles. The Kier molecular flexibility index (Phi) is 4.46. The van der Waals surface area contributed by atoms with Gasteiger partial charge in [0.05, 0.1) is 29.4 Å². The van der Waals surface area contributed by atoms with Crippen molar-refractivity contribution in [1.29, 1.82) is 0 Å². The van der Waals surface area contributed by atoms with Gasteiger partial charge in [0, 0.05) is 31.5 Å². The Labute approximate surface area is 179 Å². The van der Waals surface area contributed by atoms with E-state index < -0.39 is 0 Å². The second-order valence-corrected chi connectivity index (χ2v) is 8.13. The number of nitrogens with zero attached hydrogens (tertiary/aromatic N) is 3. The summed E-state index contributed by atoms with van der Waals surface area (Å²) in [7, 11) is 3.46. The average Bonchev–Trinajstić information content (AvgIpc) is 3.42. The predicted molar refractivity (Wildman–Crippen MR) is 121 cm³/mol. The minimum absolute atomic E-state index is 0.101. The van der Waals surface area contributed by atoms with E-state index in [-0.39, 0.29) is 11.6 Å². The third-order valence-electron chi connectivity index (χ3n) is 6.18. The van der Waals surface area contributed by atoms with E-state index in [1.165, 1.54) is 11.3 Å². The first-order valence-electron chi connectivity index (χ1n) is 10.3. The molecule has 0 fully saturated rings. The van der Waals surface area contributed by atoms with Crippen molar-refractivity contribution in [1.82, 2.24) is 9.13 Å². The quantitative estimate of drug-likeness (QED) is 0.551. The Bertz CT molecular complexity index is 1360. The molecule has 1 N–H and O–H groups in total. The summed E-state index contributed by atoms with van der Waals surface area (Å²) in [5, 5.41) is 2.95. The number of nitrogens with one attached hydrogen (secondary N) is 1. The summed E-state index contributed by atoms with van der Waals surface area (Å²) in [5.74, 6) is 0.401. The number of anilines is 2. The van der Waals surface area contributed by atoms with Crippen molar-refractivity contribution < 1.29 is 9.21 Å². The molecule has 2 aromatic carbocycles. The molecule has 158 valence electrons. The lowest BCUT2D eigenvalue weighted by Crippen LogP contribution is -2.29. The number of carbonyl (C=O) groups excluding carboxylic acids is 1. The zero-order valence-corrected chi connectivity index (χ0v) is 17.8. The van der Waals surface area contributed by atoms with Crippen molar-refractivity contribution >= 4 is 28.3 Å². The van der Waals surface area contributed by atoms with Crippen molar-refractivity contribution in [3.8, 4) is 0 Å². The van der Waals surface area contributed by atoms with E-state index in [2.05, 4.69) is 35.3 Å². The van der Waals surface area contributed by atoms with Crippen LogP contribution in [0.1, 0.15) is 28.6 Å². The van der Waals surface area contributed by atoms with E-state index in [4.69, 9.17) is 4.42 Å². The highest BCUT2D eigenvalue weighted by Gasteiger charge is 2.28. The van der Waals surface area contributed by atoms with Gasteiger partial charge in [0.1, 0.15) is 5.76 Å². The Morgan fingerprint density at radius 1 is 1.10 bits per heavy atom. The summed E-state index contributed by atoms with van der Waals surface area (Å²) in [6.45, 7) is 2.71. The van der Waals surface area contributed by atoms with Crippen LogP contribution in [0.25, 0.3) is 11.0 Å². The highest BCUT2D eigenvalue weighted by atomic mass is 16.3. The zero-order chi connectivity index (χ0) is 21.7. The SMILES string of the molecule is CC1Cc2ccccc2N1Cc1occc1C(=O)Nc1ccc2c(c1)n(C)c(=O)n2C. The number of carbonyl (C=O) groups is 1. The number of imidazole rings is 1. The maximum Gasteiger partial charge on any atom is 0.328 e. The second-order valence-electron chi connectivity index (χ2n) is 8.13. The number of aromatic nitrogens is 2. The van der Waals surface area contributed by atoms with Gasteiger partial charge in [0.15, 0.2) is 0 Å². The summed E-state index contributed by atoms with van der Waals surface area (Å²) in [6, 6.07) is 15.8. The largest absolute Gasteiger partial charge is 0.467 e. The molecule has 4 aromatic rings. The van der Waals surface area contributed by atoms with Crippen LogP contribution < -0.4 is 15.9 Å². The second kappa shape index (κ2) is 7.19. The summed E-state index contributed by atoms with van der Waals surface area (Å²) in [6.07, 6.45) is 2.54. The molecular weight excluding hydrogens is 392 g/mol. The van der Waals surface area contributed by atoms with Crippen LogP contribution in [0.15, 0.2) is 64.0 Å². The van der Waals surface area contributed by atoms with Gasteiger partial charge in [-0.3, -0.25) is 13.9 Å². The molecule has 0 saturated heterocycles. The summed E-state index contributed by atoms with van der Waals surface area (Å²) in [5.41, 5.74) is 5.12. The van der Waals surface area contributed by atoms with Crippen LogP contribution in [-0.2, 0) is 27.1 Å². The molecule has 2 aromatic heterocycles. The van der Waals surface area contributed by atoms with Crippen molar-refractivity contribution in [2.24, 2.45) is 14.1 Å². The smallest absolute Gasteiger partial charge is 0.328 e. The normalized spacial score (nSPS) is 15.5. The monoisotopic (exact) mass is 416 g/mol. The van der Waals surface area contributed by atoms with E-state index >= 15 is 0 Å². The fourth-order valence-corrected chi connectivity index (χ4v) is 4.47. The van der Waals surface area contributed by atoms with Gasteiger partial charge in [0.2, 0.25) is 0 Å². The third-order valence-corrected chi connectivity index (χ3v) is 6.18. The molecule has 7 heteroatoms. The lowest BCUT2D eigenvalue weighted by molar-refractivity contribution is 0.102. The van der Waals surface area contributed by atoms with Gasteiger partial charge in [-0.25, -0.2) is 4.79 Å². The van der Waals surface area contributed by atoms with E-state index in [1.807, 2.05) is 18.2 Å². The minimum atomic E-state index is -0.232. The van der Waals surface area contributed by atoms with Gasteiger partial charge in [-0.05, 0) is 49.2 Å². The van der Waals surface area contributed by atoms with Crippen molar-refractivity contribution in [2.45, 2.75) is 25.9 Å². The number of fused-ring (bicyclic) bond motifs is 2. The number of benzene rings is 2. The lowest BCUT2D eigenvalue weighted by Gasteiger charge is -2.24. The predicted octanol–water partition coefficient (Wildman–Crippen LogP) is 3.67. The molecular formula is C24H24N4O3. The van der Waals surface area contributed by atoms with E-state index in [9.17, 15) is 9.59 Å². The number of amides is 1. The van der Waals surface area contributed by atoms with Gasteiger partial charge in [-0.15, -0.1) is 0 Å². The van der Waals surface area contributed by atoms with Gasteiger partial charge in [-0.1, -0.05) is 18.2 Å². The molecule has 1 atom stereocenters. The molecule has 1 amide bonds. The fraction of sp³-hybridized carbons (Fsp3) is 0.250. The number of aryl methyl sites for hydroxylation is 2. The number of hydrogen-bond donors (Lipinski definition) is 1. The third kappa shape index (κ3) is 3.13. The van der Waals surface area contributed by atoms with Crippen LogP contribution in [0.5, 0.6) is 0 Å². The van der Waals surface area contributed by atoms with E-state index in [1.54, 1.807) is 41.6 Å². The molecule has 0 radical (unpaired) electrons. The molecule has 0 saturated carbocycles. The van der Waals surface area contributed by atoms with Gasteiger partial charge >= 0.3 is 5.69 Å².